The van der Waals surface area contributed by atoms with Gasteiger partial charge in [-0.25, -0.2) is 9.97 Å². The molecule has 7 nitrogen and oxygen atoms in total. The third-order valence-electron chi connectivity index (χ3n) is 5.17. The molecule has 3 heterocycles. The molecular weight excluding hydrogens is 412 g/mol. The van der Waals surface area contributed by atoms with Crippen molar-refractivity contribution in [3.05, 3.63) is 102 Å². The number of hydrogen-bond acceptors (Lipinski definition) is 6. The van der Waals surface area contributed by atoms with E-state index in [0.29, 0.717) is 12.2 Å². The van der Waals surface area contributed by atoms with E-state index in [1.165, 1.54) is 0 Å². The average Bonchev–Trinajstić information content (AvgIpc) is 2.85. The molecule has 1 atom stereocenters. The number of aromatic nitrogens is 4. The predicted molar refractivity (Wildman–Crippen MR) is 129 cm³/mol. The van der Waals surface area contributed by atoms with Gasteiger partial charge in [0.05, 0.1) is 18.2 Å². The quantitative estimate of drug-likeness (QED) is 0.452. The minimum absolute atomic E-state index is 0.0862. The maximum Gasteiger partial charge on any atom is 0.225 e. The Labute approximate surface area is 193 Å². The Balaban J connectivity index is 1.69. The Morgan fingerprint density at radius 2 is 1.64 bits per heavy atom. The lowest BCUT2D eigenvalue weighted by molar-refractivity contribution is -0.121. The molecule has 3 aromatic heterocycles. The van der Waals surface area contributed by atoms with Crippen molar-refractivity contribution in [2.24, 2.45) is 0 Å². The van der Waals surface area contributed by atoms with Crippen LogP contribution in [0.3, 0.4) is 0 Å². The van der Waals surface area contributed by atoms with Crippen LogP contribution in [0.4, 0.5) is 5.82 Å². The van der Waals surface area contributed by atoms with Gasteiger partial charge < -0.3 is 10.2 Å². The van der Waals surface area contributed by atoms with E-state index < -0.39 is 0 Å². The van der Waals surface area contributed by atoms with Crippen molar-refractivity contribution in [3.63, 3.8) is 0 Å². The van der Waals surface area contributed by atoms with E-state index in [1.807, 2.05) is 67.5 Å². The number of rotatable bonds is 8. The third-order valence-corrected chi connectivity index (χ3v) is 5.17. The van der Waals surface area contributed by atoms with Gasteiger partial charge in [0.25, 0.3) is 0 Å². The topological polar surface area (TPSA) is 83.9 Å². The molecule has 0 fully saturated rings. The molecule has 0 bridgehead atoms. The molecular formula is C26H26N6O. The summed E-state index contributed by atoms with van der Waals surface area (Å²) in [7, 11) is 3.87. The molecule has 0 spiro atoms. The van der Waals surface area contributed by atoms with E-state index >= 15 is 0 Å². The van der Waals surface area contributed by atoms with Gasteiger partial charge in [-0.3, -0.25) is 14.8 Å². The van der Waals surface area contributed by atoms with Crippen molar-refractivity contribution in [1.82, 2.24) is 25.3 Å². The first-order chi connectivity index (χ1) is 16.1. The highest BCUT2D eigenvalue weighted by Crippen LogP contribution is 2.24. The van der Waals surface area contributed by atoms with E-state index in [9.17, 15) is 4.79 Å². The Morgan fingerprint density at radius 1 is 0.909 bits per heavy atom. The van der Waals surface area contributed by atoms with Gasteiger partial charge in [-0.2, -0.15) is 0 Å². The molecule has 7 heteroatoms. The third kappa shape index (κ3) is 5.98. The first kappa shape index (κ1) is 22.1. The van der Waals surface area contributed by atoms with Gasteiger partial charge in [0, 0.05) is 50.5 Å². The molecule has 0 aliphatic heterocycles. The second kappa shape index (κ2) is 10.5. The van der Waals surface area contributed by atoms with Crippen molar-refractivity contribution >= 4 is 11.7 Å². The Hall–Kier alpha value is -4.13. The maximum absolute atomic E-state index is 13.0. The van der Waals surface area contributed by atoms with Crippen molar-refractivity contribution in [2.45, 2.75) is 18.9 Å². The van der Waals surface area contributed by atoms with Gasteiger partial charge in [-0.1, -0.05) is 36.4 Å². The fourth-order valence-corrected chi connectivity index (χ4v) is 3.50. The second-order valence-electron chi connectivity index (χ2n) is 7.96. The highest BCUT2D eigenvalue weighted by atomic mass is 16.1. The molecule has 0 saturated carbocycles. The molecule has 0 unspecified atom stereocenters. The zero-order chi connectivity index (χ0) is 23.0. The van der Waals surface area contributed by atoms with E-state index in [1.54, 1.807) is 24.8 Å². The van der Waals surface area contributed by atoms with Crippen molar-refractivity contribution < 1.29 is 4.79 Å². The van der Waals surface area contributed by atoms with Crippen LogP contribution in [0.5, 0.6) is 0 Å². The Morgan fingerprint density at radius 3 is 2.30 bits per heavy atom. The van der Waals surface area contributed by atoms with Gasteiger partial charge >= 0.3 is 0 Å². The minimum Gasteiger partial charge on any atom is -0.363 e. The molecule has 0 aliphatic rings. The summed E-state index contributed by atoms with van der Waals surface area (Å²) in [5.41, 5.74) is 3.54. The molecule has 0 saturated heterocycles. The monoisotopic (exact) mass is 438 g/mol. The molecule has 33 heavy (non-hydrogen) atoms. The zero-order valence-electron chi connectivity index (χ0n) is 18.7. The summed E-state index contributed by atoms with van der Waals surface area (Å²) in [5.74, 6) is 1.25. The lowest BCUT2D eigenvalue weighted by Gasteiger charge is -2.21. The zero-order valence-corrected chi connectivity index (χ0v) is 18.7. The molecule has 166 valence electrons. The number of benzene rings is 1. The van der Waals surface area contributed by atoms with Gasteiger partial charge in [0.15, 0.2) is 5.82 Å². The number of pyridine rings is 2. The average molecular weight is 439 g/mol. The van der Waals surface area contributed by atoms with Crippen molar-refractivity contribution in [1.29, 1.82) is 0 Å². The fraction of sp³-hybridized carbons (Fsp3) is 0.192. The van der Waals surface area contributed by atoms with Gasteiger partial charge in [-0.15, -0.1) is 0 Å². The van der Waals surface area contributed by atoms with E-state index in [-0.39, 0.29) is 18.4 Å². The van der Waals surface area contributed by atoms with Crippen LogP contribution in [0.15, 0.2) is 85.5 Å². The van der Waals surface area contributed by atoms with Gasteiger partial charge in [-0.05, 0) is 35.7 Å². The first-order valence-electron chi connectivity index (χ1n) is 10.8. The summed E-state index contributed by atoms with van der Waals surface area (Å²) in [6, 6.07) is 19.2. The number of nitrogens with zero attached hydrogens (tertiary/aromatic N) is 5. The molecule has 1 N–H and O–H groups in total. The molecule has 4 aromatic rings. The molecule has 0 aliphatic carbocycles. The van der Waals surface area contributed by atoms with Crippen LogP contribution in [-0.2, 0) is 17.6 Å². The minimum atomic E-state index is -0.325. The number of amides is 1. The smallest absolute Gasteiger partial charge is 0.225 e. The van der Waals surface area contributed by atoms with Gasteiger partial charge in [0.2, 0.25) is 5.91 Å². The Bertz CT molecular complexity index is 1180. The number of nitrogens with one attached hydrogen (secondary N) is 1. The standard InChI is InChI=1S/C26H26N6O/c1-32(2)24-16-23(30-26(31-24)21-11-7-13-28-18-21)22(14-19-8-4-3-5-9-19)29-25(33)15-20-10-6-12-27-17-20/h3-13,16-18,22H,14-15H2,1-2H3,(H,29,33)/t22-/m0/s1. The van der Waals surface area contributed by atoms with Crippen molar-refractivity contribution in [3.8, 4) is 11.4 Å². The normalized spacial score (nSPS) is 11.6. The van der Waals surface area contributed by atoms with Crippen LogP contribution in [0.25, 0.3) is 11.4 Å². The summed E-state index contributed by atoms with van der Waals surface area (Å²) < 4.78 is 0. The van der Waals surface area contributed by atoms with Crippen molar-refractivity contribution in [2.75, 3.05) is 19.0 Å². The van der Waals surface area contributed by atoms with Crippen LogP contribution in [-0.4, -0.2) is 39.9 Å². The number of hydrogen-bond donors (Lipinski definition) is 1. The summed E-state index contributed by atoms with van der Waals surface area (Å²) >= 11 is 0. The van der Waals surface area contributed by atoms with E-state index in [2.05, 4.69) is 27.4 Å². The summed E-state index contributed by atoms with van der Waals surface area (Å²) in [6.07, 6.45) is 7.73. The molecule has 4 rings (SSSR count). The highest BCUT2D eigenvalue weighted by Gasteiger charge is 2.20. The van der Waals surface area contributed by atoms with E-state index in [0.717, 1.165) is 28.2 Å². The Kier molecular flexibility index (Phi) is 6.99. The van der Waals surface area contributed by atoms with Crippen LogP contribution in [0.2, 0.25) is 0 Å². The summed E-state index contributed by atoms with van der Waals surface area (Å²) in [6.45, 7) is 0. The molecule has 1 amide bonds. The number of carbonyl (C=O) groups is 1. The SMILES string of the molecule is CN(C)c1cc([C@H](Cc2ccccc2)NC(=O)Cc2cccnc2)nc(-c2cccnc2)n1. The lowest BCUT2D eigenvalue weighted by Crippen LogP contribution is -2.32. The number of carbonyl (C=O) groups excluding carboxylic acids is 1. The maximum atomic E-state index is 13.0. The second-order valence-corrected chi connectivity index (χ2v) is 7.96. The number of anilines is 1. The fourth-order valence-electron chi connectivity index (χ4n) is 3.50. The van der Waals surface area contributed by atoms with Crippen LogP contribution in [0.1, 0.15) is 22.9 Å². The summed E-state index contributed by atoms with van der Waals surface area (Å²) in [4.78, 5) is 32.7. The highest BCUT2D eigenvalue weighted by molar-refractivity contribution is 5.79. The lowest BCUT2D eigenvalue weighted by atomic mass is 10.0. The largest absolute Gasteiger partial charge is 0.363 e. The van der Waals surface area contributed by atoms with Crippen LogP contribution in [0, 0.1) is 0 Å². The summed E-state index contributed by atoms with van der Waals surface area (Å²) in [5, 5.41) is 3.18. The van der Waals surface area contributed by atoms with Crippen LogP contribution < -0.4 is 10.2 Å². The van der Waals surface area contributed by atoms with Crippen LogP contribution >= 0.6 is 0 Å². The van der Waals surface area contributed by atoms with E-state index in [4.69, 9.17) is 9.97 Å². The van der Waals surface area contributed by atoms with Gasteiger partial charge in [0.1, 0.15) is 5.82 Å². The molecule has 1 aromatic carbocycles. The predicted octanol–water partition coefficient (Wildman–Crippen LogP) is 3.64. The molecule has 0 radical (unpaired) electrons. The first-order valence-corrected chi connectivity index (χ1v) is 10.8.